The lowest BCUT2D eigenvalue weighted by Gasteiger charge is -2.48. The molecule has 476 valence electrons. The van der Waals surface area contributed by atoms with Gasteiger partial charge in [0.05, 0.1) is 52.0 Å². The van der Waals surface area contributed by atoms with Gasteiger partial charge in [0.2, 0.25) is 70.9 Å². The number of rotatable bonds is 35. The Hall–Kier alpha value is -7.33. The summed E-state index contributed by atoms with van der Waals surface area (Å²) in [5.74, 6) is -11.2. The standard InChI is InChI=1S/C47H80N14O23/c1-19(41(74)58-21(3)45(78)79)57-44(77)25(8-6-7-11-51-30(67)13-53-32(69)15-55-33(70)16-54-31(68)14-52-29(66)12-48)60-28(65)10-9-24(40(50)73)61-42(75)20(2)56-43(76)22(4)81-39-34(49)46(80)82-27(18-63)38(39)84-47-35(59-23(5)64)37(72)36(71)26(17-62)83-47/h19-22,24-27,34-39,46-47,62-63,71-72,80H,6-18,48-49H2,1-5H3,(H2,50,73)(H,51,67)(H,52,66)(H,53,69)(H,54,68)(H,55,70)(H,56,76)(H,57,77)(H,58,74)(H,59,64)(H,60,65)(H,61,75)(H,78,79). The highest BCUT2D eigenvalue weighted by Crippen LogP contribution is 2.30. The summed E-state index contributed by atoms with van der Waals surface area (Å²) in [6, 6.07) is -10.0. The number of hydrogen-bond donors (Lipinski definition) is 20. The fourth-order valence-corrected chi connectivity index (χ4v) is 7.77. The summed E-state index contributed by atoms with van der Waals surface area (Å²) in [6.07, 6.45) is -15.3. The largest absolute Gasteiger partial charge is 0.480 e. The topological polar surface area (TPSA) is 591 Å². The Morgan fingerprint density at radius 1 is 0.571 bits per heavy atom. The quantitative estimate of drug-likeness (QED) is 0.0262. The molecule has 0 spiro atoms. The van der Waals surface area contributed by atoms with Crippen molar-refractivity contribution in [2.75, 3.05) is 52.5 Å². The van der Waals surface area contributed by atoms with Crippen molar-refractivity contribution in [2.45, 2.75) is 164 Å². The van der Waals surface area contributed by atoms with Gasteiger partial charge >= 0.3 is 5.97 Å². The first kappa shape index (κ1) is 72.8. The summed E-state index contributed by atoms with van der Waals surface area (Å²) in [7, 11) is 0. The number of unbranched alkanes of at least 4 members (excludes halogenated alkanes) is 1. The Labute approximate surface area is 480 Å². The van der Waals surface area contributed by atoms with Gasteiger partial charge < -0.3 is 125 Å². The molecule has 12 amide bonds. The lowest BCUT2D eigenvalue weighted by Crippen LogP contribution is -2.69. The fraction of sp³-hybridized carbons (Fsp3) is 0.723. The van der Waals surface area contributed by atoms with Gasteiger partial charge in [0.1, 0.15) is 79.0 Å². The number of aliphatic hydroxyl groups is 5. The second-order valence-electron chi connectivity index (χ2n) is 19.4. The van der Waals surface area contributed by atoms with Crippen LogP contribution in [0.15, 0.2) is 0 Å². The number of aliphatic carboxylic acids is 1. The molecule has 37 nitrogen and oxygen atoms in total. The summed E-state index contributed by atoms with van der Waals surface area (Å²) in [6.45, 7) is 1.91. The second kappa shape index (κ2) is 36.4. The zero-order chi connectivity index (χ0) is 63.5. The monoisotopic (exact) mass is 1210 g/mol. The van der Waals surface area contributed by atoms with Gasteiger partial charge in [-0.05, 0) is 53.4 Å². The van der Waals surface area contributed by atoms with Crippen molar-refractivity contribution in [3.63, 3.8) is 0 Å². The Bertz CT molecular complexity index is 2300. The molecule has 16 atom stereocenters. The van der Waals surface area contributed by atoms with E-state index >= 15 is 0 Å². The van der Waals surface area contributed by atoms with Gasteiger partial charge in [0, 0.05) is 19.9 Å². The number of amides is 12. The molecular weight excluding hydrogens is 1130 g/mol. The van der Waals surface area contributed by atoms with Crippen LogP contribution in [0.5, 0.6) is 0 Å². The second-order valence-corrected chi connectivity index (χ2v) is 19.4. The predicted molar refractivity (Wildman–Crippen MR) is 281 cm³/mol. The molecule has 16 unspecified atom stereocenters. The van der Waals surface area contributed by atoms with Gasteiger partial charge in [-0.25, -0.2) is 0 Å². The van der Waals surface area contributed by atoms with Crippen molar-refractivity contribution < 1.29 is 112 Å². The van der Waals surface area contributed by atoms with Crippen LogP contribution in [0.2, 0.25) is 0 Å². The highest BCUT2D eigenvalue weighted by atomic mass is 16.7. The molecule has 2 saturated heterocycles. The third-order valence-corrected chi connectivity index (χ3v) is 12.6. The van der Waals surface area contributed by atoms with Gasteiger partial charge in [-0.1, -0.05) is 0 Å². The van der Waals surface area contributed by atoms with Crippen molar-refractivity contribution in [1.82, 2.24) is 58.5 Å². The molecule has 0 saturated carbocycles. The van der Waals surface area contributed by atoms with E-state index in [4.69, 9.17) is 36.1 Å². The molecule has 0 aromatic heterocycles. The SMILES string of the molecule is CC(=O)NC1C(OC2C(CO)OC(O)C(N)C2OC(C)C(=O)NC(C)C(=O)NC(CCC(=O)NC(CCCCNC(=O)CNC(=O)CNC(=O)CNC(=O)CNC(=O)CN)C(=O)NC(C)C(=O)NC(C)C(=O)O)C(N)=O)OC(CO)C(O)C1O. The molecule has 2 fully saturated rings. The molecule has 0 bridgehead atoms. The number of carbonyl (C=O) groups is 13. The maximum Gasteiger partial charge on any atom is 0.325 e. The van der Waals surface area contributed by atoms with Gasteiger partial charge in [0.25, 0.3) is 0 Å². The smallest absolute Gasteiger partial charge is 0.325 e. The normalized spacial score (nSPS) is 24.0. The number of nitrogens with two attached hydrogens (primary N) is 3. The minimum absolute atomic E-state index is 0.00417. The maximum absolute atomic E-state index is 13.5. The lowest BCUT2D eigenvalue weighted by atomic mass is 9.94. The van der Waals surface area contributed by atoms with Crippen LogP contribution in [-0.4, -0.2) is 258 Å². The molecule has 2 heterocycles. The number of aliphatic hydroxyl groups excluding tert-OH is 5. The summed E-state index contributed by atoms with van der Waals surface area (Å²) in [4.78, 5) is 161. The molecule has 2 rings (SSSR count). The summed E-state index contributed by atoms with van der Waals surface area (Å²) in [5, 5.41) is 86.5. The van der Waals surface area contributed by atoms with Crippen LogP contribution in [0.4, 0.5) is 0 Å². The zero-order valence-corrected chi connectivity index (χ0v) is 46.8. The number of carboxylic acids is 1. The van der Waals surface area contributed by atoms with Crippen molar-refractivity contribution in [2.24, 2.45) is 17.2 Å². The van der Waals surface area contributed by atoms with Gasteiger partial charge in [-0.3, -0.25) is 62.3 Å². The Kier molecular flexibility index (Phi) is 31.5. The van der Waals surface area contributed by atoms with Gasteiger partial charge in [0.15, 0.2) is 12.6 Å². The van der Waals surface area contributed by atoms with Gasteiger partial charge in [-0.15, -0.1) is 0 Å². The van der Waals surface area contributed by atoms with E-state index in [2.05, 4.69) is 58.5 Å². The van der Waals surface area contributed by atoms with E-state index in [0.29, 0.717) is 0 Å². The Morgan fingerprint density at radius 2 is 1.08 bits per heavy atom. The van der Waals surface area contributed by atoms with Crippen molar-refractivity contribution >= 4 is 76.9 Å². The number of primary amides is 1. The average molecular weight is 1210 g/mol. The summed E-state index contributed by atoms with van der Waals surface area (Å²) >= 11 is 0. The number of carbonyl (C=O) groups excluding carboxylic acids is 12. The molecule has 0 radical (unpaired) electrons. The molecule has 0 aromatic rings. The molecular formula is C47H80N14O23. The zero-order valence-electron chi connectivity index (χ0n) is 46.8. The highest BCUT2D eigenvalue weighted by Gasteiger charge is 2.52. The molecule has 0 aromatic carbocycles. The third kappa shape index (κ3) is 24.9. The molecule has 37 heteroatoms. The minimum atomic E-state index is -1.82. The van der Waals surface area contributed by atoms with E-state index in [9.17, 15) is 93.0 Å². The highest BCUT2D eigenvalue weighted by molar-refractivity contribution is 5.95. The summed E-state index contributed by atoms with van der Waals surface area (Å²) in [5.41, 5.74) is 16.9. The van der Waals surface area contributed by atoms with Crippen molar-refractivity contribution in [3.8, 4) is 0 Å². The van der Waals surface area contributed by atoms with Crippen LogP contribution in [0, 0.1) is 0 Å². The average Bonchev–Trinajstić information content (AvgIpc) is 3.64. The molecule has 23 N–H and O–H groups in total. The van der Waals surface area contributed by atoms with Crippen molar-refractivity contribution in [3.05, 3.63) is 0 Å². The first-order valence-corrected chi connectivity index (χ1v) is 26.4. The minimum Gasteiger partial charge on any atom is -0.480 e. The van der Waals surface area contributed by atoms with Crippen LogP contribution in [0.25, 0.3) is 0 Å². The first-order chi connectivity index (χ1) is 39.4. The van der Waals surface area contributed by atoms with Crippen LogP contribution >= 0.6 is 0 Å². The van der Waals surface area contributed by atoms with E-state index in [1.807, 2.05) is 0 Å². The van der Waals surface area contributed by atoms with E-state index in [0.717, 1.165) is 6.92 Å². The first-order valence-electron chi connectivity index (χ1n) is 26.4. The third-order valence-electron chi connectivity index (χ3n) is 12.6. The molecule has 0 aliphatic carbocycles. The van der Waals surface area contributed by atoms with Crippen LogP contribution in [-0.2, 0) is 81.3 Å². The maximum atomic E-state index is 13.5. The molecule has 2 aliphatic heterocycles. The molecule has 2 aliphatic rings. The fourth-order valence-electron chi connectivity index (χ4n) is 7.77. The molecule has 84 heavy (non-hydrogen) atoms. The van der Waals surface area contributed by atoms with Crippen LogP contribution in [0.1, 0.15) is 66.7 Å². The van der Waals surface area contributed by atoms with E-state index in [1.165, 1.54) is 27.7 Å². The number of hydrogen-bond acceptors (Lipinski definition) is 24. The number of carboxylic acid groups (broad SMARTS) is 1. The van der Waals surface area contributed by atoms with E-state index < -0.39 is 227 Å². The van der Waals surface area contributed by atoms with E-state index in [-0.39, 0.29) is 32.4 Å². The van der Waals surface area contributed by atoms with Gasteiger partial charge in [-0.2, -0.15) is 0 Å². The predicted octanol–water partition coefficient (Wildman–Crippen LogP) is -12.3. The van der Waals surface area contributed by atoms with Crippen molar-refractivity contribution in [1.29, 1.82) is 0 Å². The van der Waals surface area contributed by atoms with E-state index in [1.54, 1.807) is 0 Å². The number of ether oxygens (including phenoxy) is 4. The Morgan fingerprint density at radius 3 is 1.60 bits per heavy atom. The summed E-state index contributed by atoms with van der Waals surface area (Å²) < 4.78 is 22.9. The van der Waals surface area contributed by atoms with Crippen LogP contribution in [0.3, 0.4) is 0 Å². The number of nitrogens with one attached hydrogen (secondary N) is 11. The van der Waals surface area contributed by atoms with Crippen LogP contribution < -0.4 is 75.7 Å². The Balaban J connectivity index is 2.05. The lowest BCUT2D eigenvalue weighted by molar-refractivity contribution is -0.331.